The Morgan fingerprint density at radius 2 is 1.90 bits per heavy atom. The van der Waals surface area contributed by atoms with Crippen LogP contribution in [0.1, 0.15) is 44.3 Å². The van der Waals surface area contributed by atoms with Crippen LogP contribution in [0.3, 0.4) is 0 Å². The molecule has 1 aromatic carbocycles. The van der Waals surface area contributed by atoms with Gasteiger partial charge in [-0.15, -0.1) is 0 Å². The minimum absolute atomic E-state index is 0.115. The number of carbonyl (C=O) groups excluding carboxylic acids is 1. The molecule has 2 rings (SSSR count). The summed E-state index contributed by atoms with van der Waals surface area (Å²) in [5, 5.41) is 22.3. The zero-order valence-corrected chi connectivity index (χ0v) is 12.6. The summed E-state index contributed by atoms with van der Waals surface area (Å²) in [4.78, 5) is 13.8. The Morgan fingerprint density at radius 1 is 1.29 bits per heavy atom. The Hall–Kier alpha value is -1.59. The van der Waals surface area contributed by atoms with E-state index in [0.29, 0.717) is 5.69 Å². The predicted octanol–water partition coefficient (Wildman–Crippen LogP) is 2.51. The Balaban J connectivity index is 1.96. The standard InChI is InChI=1S/C16H24N2O3/c1-11(19)12-7-9-13(10-8-12)17-16(21)18(2)14-5-3-4-6-15(14)20/h7-11,14-15,19-20H,3-6H2,1-2H3,(H,17,21). The van der Waals surface area contributed by atoms with Crippen LogP contribution in [0.4, 0.5) is 10.5 Å². The summed E-state index contributed by atoms with van der Waals surface area (Å²) in [5.74, 6) is 0. The minimum atomic E-state index is -0.519. The van der Waals surface area contributed by atoms with Crippen molar-refractivity contribution in [2.24, 2.45) is 0 Å². The number of hydrogen-bond donors (Lipinski definition) is 3. The van der Waals surface area contributed by atoms with Gasteiger partial charge in [-0.2, -0.15) is 0 Å². The van der Waals surface area contributed by atoms with Gasteiger partial charge in [-0.1, -0.05) is 25.0 Å². The fourth-order valence-corrected chi connectivity index (χ4v) is 2.75. The number of anilines is 1. The normalized spacial score (nSPS) is 23.4. The Labute approximate surface area is 125 Å². The van der Waals surface area contributed by atoms with Gasteiger partial charge in [-0.25, -0.2) is 4.79 Å². The number of aliphatic hydroxyl groups excluding tert-OH is 2. The highest BCUT2D eigenvalue weighted by Gasteiger charge is 2.29. The maximum atomic E-state index is 12.2. The number of carbonyl (C=O) groups is 1. The number of rotatable bonds is 3. The van der Waals surface area contributed by atoms with E-state index in [0.717, 1.165) is 31.2 Å². The van der Waals surface area contributed by atoms with E-state index in [4.69, 9.17) is 0 Å². The van der Waals surface area contributed by atoms with Crippen molar-refractivity contribution in [2.75, 3.05) is 12.4 Å². The van der Waals surface area contributed by atoms with Gasteiger partial charge in [0.05, 0.1) is 18.2 Å². The predicted molar refractivity (Wildman–Crippen MR) is 82.1 cm³/mol. The molecule has 0 aliphatic heterocycles. The highest BCUT2D eigenvalue weighted by molar-refractivity contribution is 5.89. The van der Waals surface area contributed by atoms with Crippen LogP contribution in [0, 0.1) is 0 Å². The van der Waals surface area contributed by atoms with E-state index in [-0.39, 0.29) is 12.1 Å². The molecule has 1 saturated carbocycles. The average Bonchev–Trinajstić information content (AvgIpc) is 2.47. The van der Waals surface area contributed by atoms with Crippen molar-refractivity contribution in [2.45, 2.75) is 50.9 Å². The number of benzene rings is 1. The minimum Gasteiger partial charge on any atom is -0.391 e. The van der Waals surface area contributed by atoms with Crippen LogP contribution >= 0.6 is 0 Å². The molecule has 3 N–H and O–H groups in total. The lowest BCUT2D eigenvalue weighted by Gasteiger charge is -2.35. The van der Waals surface area contributed by atoms with Crippen LogP contribution in [0.5, 0.6) is 0 Å². The Kier molecular flexibility index (Phi) is 5.20. The van der Waals surface area contributed by atoms with Crippen molar-refractivity contribution in [3.8, 4) is 0 Å². The van der Waals surface area contributed by atoms with Gasteiger partial charge < -0.3 is 20.4 Å². The molecule has 1 aromatic rings. The molecular formula is C16H24N2O3. The number of urea groups is 1. The Bertz CT molecular complexity index is 473. The lowest BCUT2D eigenvalue weighted by atomic mass is 9.92. The fourth-order valence-electron chi connectivity index (χ4n) is 2.75. The summed E-state index contributed by atoms with van der Waals surface area (Å²) in [6.45, 7) is 1.70. The van der Waals surface area contributed by atoms with Gasteiger partial charge in [0, 0.05) is 12.7 Å². The largest absolute Gasteiger partial charge is 0.391 e. The third kappa shape index (κ3) is 3.95. The fraction of sp³-hybridized carbons (Fsp3) is 0.562. The van der Waals surface area contributed by atoms with Crippen molar-refractivity contribution in [3.63, 3.8) is 0 Å². The first-order valence-corrected chi connectivity index (χ1v) is 7.49. The van der Waals surface area contributed by atoms with Gasteiger partial charge in [0.25, 0.3) is 0 Å². The molecule has 5 nitrogen and oxygen atoms in total. The molecule has 0 aromatic heterocycles. The molecule has 0 saturated heterocycles. The first-order chi connectivity index (χ1) is 9.99. The summed E-state index contributed by atoms with van der Waals surface area (Å²) in [5.41, 5.74) is 1.49. The second kappa shape index (κ2) is 6.91. The molecule has 0 radical (unpaired) electrons. The molecule has 3 unspecified atom stereocenters. The summed E-state index contributed by atoms with van der Waals surface area (Å²) < 4.78 is 0. The molecule has 5 heteroatoms. The molecule has 1 aliphatic rings. The number of nitrogens with zero attached hydrogens (tertiary/aromatic N) is 1. The molecule has 21 heavy (non-hydrogen) atoms. The van der Waals surface area contributed by atoms with E-state index in [1.165, 1.54) is 0 Å². The lowest BCUT2D eigenvalue weighted by Crippen LogP contribution is -2.47. The monoisotopic (exact) mass is 292 g/mol. The second-order valence-electron chi connectivity index (χ2n) is 5.76. The molecule has 1 fully saturated rings. The van der Waals surface area contributed by atoms with E-state index >= 15 is 0 Å². The van der Waals surface area contributed by atoms with Gasteiger partial charge >= 0.3 is 6.03 Å². The van der Waals surface area contributed by atoms with E-state index in [2.05, 4.69) is 5.32 Å². The van der Waals surface area contributed by atoms with E-state index < -0.39 is 12.2 Å². The van der Waals surface area contributed by atoms with E-state index in [9.17, 15) is 15.0 Å². The topological polar surface area (TPSA) is 72.8 Å². The highest BCUT2D eigenvalue weighted by Crippen LogP contribution is 2.23. The molecule has 116 valence electrons. The lowest BCUT2D eigenvalue weighted by molar-refractivity contribution is 0.0494. The van der Waals surface area contributed by atoms with Crippen molar-refractivity contribution in [3.05, 3.63) is 29.8 Å². The number of amides is 2. The number of likely N-dealkylation sites (N-methyl/N-ethyl adjacent to an activating group) is 1. The van der Waals surface area contributed by atoms with E-state index in [1.54, 1.807) is 43.1 Å². The number of hydrogen-bond acceptors (Lipinski definition) is 3. The molecule has 0 heterocycles. The number of aliphatic hydroxyl groups is 2. The molecule has 0 spiro atoms. The van der Waals surface area contributed by atoms with Crippen LogP contribution in [-0.4, -0.2) is 40.3 Å². The summed E-state index contributed by atoms with van der Waals surface area (Å²) in [7, 11) is 1.72. The van der Waals surface area contributed by atoms with Gasteiger partial charge in [0.1, 0.15) is 0 Å². The maximum Gasteiger partial charge on any atom is 0.321 e. The van der Waals surface area contributed by atoms with Crippen LogP contribution in [0.25, 0.3) is 0 Å². The van der Waals surface area contributed by atoms with Crippen LogP contribution < -0.4 is 5.32 Å². The molecular weight excluding hydrogens is 268 g/mol. The van der Waals surface area contributed by atoms with Crippen LogP contribution in [0.15, 0.2) is 24.3 Å². The summed E-state index contributed by atoms with van der Waals surface area (Å²) in [6, 6.07) is 6.78. The third-order valence-electron chi connectivity index (χ3n) is 4.16. The van der Waals surface area contributed by atoms with Gasteiger partial charge in [0.15, 0.2) is 0 Å². The van der Waals surface area contributed by atoms with Gasteiger partial charge in [-0.05, 0) is 37.5 Å². The molecule has 1 aliphatic carbocycles. The smallest absolute Gasteiger partial charge is 0.321 e. The third-order valence-corrected chi connectivity index (χ3v) is 4.16. The average molecular weight is 292 g/mol. The first kappa shape index (κ1) is 15.8. The van der Waals surface area contributed by atoms with Crippen molar-refractivity contribution >= 4 is 11.7 Å². The van der Waals surface area contributed by atoms with Gasteiger partial charge in [0.2, 0.25) is 0 Å². The second-order valence-corrected chi connectivity index (χ2v) is 5.76. The molecule has 2 amide bonds. The van der Waals surface area contributed by atoms with Crippen LogP contribution in [-0.2, 0) is 0 Å². The summed E-state index contributed by atoms with van der Waals surface area (Å²) in [6.07, 6.45) is 2.70. The first-order valence-electron chi connectivity index (χ1n) is 7.49. The highest BCUT2D eigenvalue weighted by atomic mass is 16.3. The quantitative estimate of drug-likeness (QED) is 0.801. The summed E-state index contributed by atoms with van der Waals surface area (Å²) >= 11 is 0. The zero-order chi connectivity index (χ0) is 15.4. The molecule has 3 atom stereocenters. The molecule has 0 bridgehead atoms. The SMILES string of the molecule is CC(O)c1ccc(NC(=O)N(C)C2CCCCC2O)cc1. The maximum absolute atomic E-state index is 12.2. The Morgan fingerprint density at radius 3 is 2.48 bits per heavy atom. The van der Waals surface area contributed by atoms with Gasteiger partial charge in [-0.3, -0.25) is 0 Å². The van der Waals surface area contributed by atoms with E-state index in [1.807, 2.05) is 0 Å². The van der Waals surface area contributed by atoms with Crippen LogP contribution in [0.2, 0.25) is 0 Å². The van der Waals surface area contributed by atoms with Crippen molar-refractivity contribution in [1.82, 2.24) is 4.90 Å². The van der Waals surface area contributed by atoms with Crippen molar-refractivity contribution in [1.29, 1.82) is 0 Å². The zero-order valence-electron chi connectivity index (χ0n) is 12.6. The van der Waals surface area contributed by atoms with Crippen molar-refractivity contribution < 1.29 is 15.0 Å². The number of nitrogens with one attached hydrogen (secondary N) is 1.